The summed E-state index contributed by atoms with van der Waals surface area (Å²) in [7, 11) is 0. The van der Waals surface area contributed by atoms with Gasteiger partial charge < -0.3 is 9.80 Å². The lowest BCUT2D eigenvalue weighted by molar-refractivity contribution is -0.130. The molecule has 0 spiro atoms. The Morgan fingerprint density at radius 3 is 2.57 bits per heavy atom. The molecule has 5 heteroatoms. The lowest BCUT2D eigenvalue weighted by Crippen LogP contribution is -2.36. The SMILES string of the molecule is CCCN1CCN(C(=O)Cc2ccc(Cl)cc2)CCC1=O. The van der Waals surface area contributed by atoms with Crippen molar-refractivity contribution in [1.82, 2.24) is 9.80 Å². The summed E-state index contributed by atoms with van der Waals surface area (Å²) in [5.41, 5.74) is 0.949. The molecule has 0 aromatic heterocycles. The van der Waals surface area contributed by atoms with Crippen LogP contribution in [0.1, 0.15) is 25.3 Å². The highest BCUT2D eigenvalue weighted by molar-refractivity contribution is 6.30. The Morgan fingerprint density at radius 2 is 1.90 bits per heavy atom. The summed E-state index contributed by atoms with van der Waals surface area (Å²) in [6.45, 7) is 4.61. The zero-order valence-corrected chi connectivity index (χ0v) is 13.1. The number of rotatable bonds is 4. The number of carbonyl (C=O) groups is 2. The summed E-state index contributed by atoms with van der Waals surface area (Å²) < 4.78 is 0. The Morgan fingerprint density at radius 1 is 1.19 bits per heavy atom. The second-order valence-corrected chi connectivity index (χ2v) is 5.75. The lowest BCUT2D eigenvalue weighted by Gasteiger charge is -2.22. The van der Waals surface area contributed by atoms with Crippen LogP contribution in [0.25, 0.3) is 0 Å². The summed E-state index contributed by atoms with van der Waals surface area (Å²) in [5.74, 6) is 0.224. The molecule has 0 radical (unpaired) electrons. The van der Waals surface area contributed by atoms with Gasteiger partial charge in [-0.05, 0) is 24.1 Å². The van der Waals surface area contributed by atoms with Gasteiger partial charge in [0, 0.05) is 37.6 Å². The third-order valence-electron chi connectivity index (χ3n) is 3.70. The first-order chi connectivity index (χ1) is 10.1. The van der Waals surface area contributed by atoms with Gasteiger partial charge >= 0.3 is 0 Å². The van der Waals surface area contributed by atoms with Gasteiger partial charge in [-0.2, -0.15) is 0 Å². The number of hydrogen-bond donors (Lipinski definition) is 0. The molecule has 1 fully saturated rings. The molecule has 2 amide bonds. The zero-order chi connectivity index (χ0) is 15.2. The molecule has 0 N–H and O–H groups in total. The van der Waals surface area contributed by atoms with Crippen LogP contribution in [-0.4, -0.2) is 47.8 Å². The molecule has 1 aromatic rings. The normalized spacial score (nSPS) is 16.0. The maximum atomic E-state index is 12.3. The highest BCUT2D eigenvalue weighted by atomic mass is 35.5. The molecule has 1 heterocycles. The van der Waals surface area contributed by atoms with Gasteiger partial charge in [-0.25, -0.2) is 0 Å². The number of halogens is 1. The Balaban J connectivity index is 1.93. The van der Waals surface area contributed by atoms with E-state index in [4.69, 9.17) is 11.6 Å². The van der Waals surface area contributed by atoms with Crippen molar-refractivity contribution in [3.8, 4) is 0 Å². The molecule has 1 aliphatic rings. The molecule has 114 valence electrons. The van der Waals surface area contributed by atoms with Gasteiger partial charge in [-0.3, -0.25) is 9.59 Å². The van der Waals surface area contributed by atoms with Gasteiger partial charge in [-0.1, -0.05) is 30.7 Å². The molecule has 0 aliphatic carbocycles. The second kappa shape index (κ2) is 7.46. The smallest absolute Gasteiger partial charge is 0.227 e. The topological polar surface area (TPSA) is 40.6 Å². The van der Waals surface area contributed by atoms with Crippen molar-refractivity contribution in [2.45, 2.75) is 26.2 Å². The first-order valence-corrected chi connectivity index (χ1v) is 7.78. The average molecular weight is 309 g/mol. The fraction of sp³-hybridized carbons (Fsp3) is 0.500. The molecule has 1 saturated heterocycles. The summed E-state index contributed by atoms with van der Waals surface area (Å²) in [6.07, 6.45) is 1.73. The van der Waals surface area contributed by atoms with E-state index in [-0.39, 0.29) is 11.8 Å². The summed E-state index contributed by atoms with van der Waals surface area (Å²) in [5, 5.41) is 0.668. The van der Waals surface area contributed by atoms with Crippen LogP contribution < -0.4 is 0 Å². The summed E-state index contributed by atoms with van der Waals surface area (Å²) >= 11 is 5.84. The predicted molar refractivity (Wildman–Crippen MR) is 83.2 cm³/mol. The molecule has 1 aromatic carbocycles. The minimum atomic E-state index is 0.0727. The van der Waals surface area contributed by atoms with Gasteiger partial charge in [0.25, 0.3) is 0 Å². The zero-order valence-electron chi connectivity index (χ0n) is 12.3. The minimum Gasteiger partial charge on any atom is -0.341 e. The third-order valence-corrected chi connectivity index (χ3v) is 3.95. The molecule has 0 atom stereocenters. The van der Waals surface area contributed by atoms with E-state index in [9.17, 15) is 9.59 Å². The molecule has 0 unspecified atom stereocenters. The van der Waals surface area contributed by atoms with Crippen molar-refractivity contribution in [3.63, 3.8) is 0 Å². The van der Waals surface area contributed by atoms with E-state index in [1.54, 1.807) is 17.0 Å². The molecule has 21 heavy (non-hydrogen) atoms. The van der Waals surface area contributed by atoms with Crippen molar-refractivity contribution in [1.29, 1.82) is 0 Å². The van der Waals surface area contributed by atoms with Crippen molar-refractivity contribution < 1.29 is 9.59 Å². The summed E-state index contributed by atoms with van der Waals surface area (Å²) in [6, 6.07) is 7.32. The van der Waals surface area contributed by atoms with E-state index in [1.807, 2.05) is 17.0 Å². The molecule has 0 bridgehead atoms. The highest BCUT2D eigenvalue weighted by Gasteiger charge is 2.23. The largest absolute Gasteiger partial charge is 0.341 e. The monoisotopic (exact) mass is 308 g/mol. The number of nitrogens with zero attached hydrogens (tertiary/aromatic N) is 2. The number of amides is 2. The number of benzene rings is 1. The van der Waals surface area contributed by atoms with Gasteiger partial charge in [-0.15, -0.1) is 0 Å². The van der Waals surface area contributed by atoms with E-state index in [1.165, 1.54) is 0 Å². The molecule has 0 saturated carbocycles. The van der Waals surface area contributed by atoms with E-state index < -0.39 is 0 Å². The van der Waals surface area contributed by atoms with Crippen LogP contribution >= 0.6 is 11.6 Å². The Hall–Kier alpha value is -1.55. The van der Waals surface area contributed by atoms with E-state index in [0.717, 1.165) is 18.5 Å². The standard InChI is InChI=1S/C16H21ClN2O2/c1-2-8-18-10-11-19(9-7-15(18)20)16(21)12-13-3-5-14(17)6-4-13/h3-6H,2,7-12H2,1H3. The van der Waals surface area contributed by atoms with Crippen LogP contribution in [0.15, 0.2) is 24.3 Å². The van der Waals surface area contributed by atoms with Gasteiger partial charge in [0.1, 0.15) is 0 Å². The van der Waals surface area contributed by atoms with Crippen molar-refractivity contribution in [2.75, 3.05) is 26.2 Å². The molecule has 4 nitrogen and oxygen atoms in total. The quantitative estimate of drug-likeness (QED) is 0.856. The van der Waals surface area contributed by atoms with Crippen LogP contribution in [0.3, 0.4) is 0 Å². The molecular formula is C16H21ClN2O2. The Labute approximate surface area is 130 Å². The number of hydrogen-bond acceptors (Lipinski definition) is 2. The molecule has 1 aliphatic heterocycles. The first-order valence-electron chi connectivity index (χ1n) is 7.40. The van der Waals surface area contributed by atoms with Crippen molar-refractivity contribution in [2.24, 2.45) is 0 Å². The van der Waals surface area contributed by atoms with Crippen LogP contribution in [0.2, 0.25) is 5.02 Å². The summed E-state index contributed by atoms with van der Waals surface area (Å²) in [4.78, 5) is 27.9. The minimum absolute atomic E-state index is 0.0727. The lowest BCUT2D eigenvalue weighted by atomic mass is 10.1. The predicted octanol–water partition coefficient (Wildman–Crippen LogP) is 2.35. The van der Waals surface area contributed by atoms with Gasteiger partial charge in [0.2, 0.25) is 11.8 Å². The molecular weight excluding hydrogens is 288 g/mol. The average Bonchev–Trinajstić information content (AvgIpc) is 2.65. The van der Waals surface area contributed by atoms with E-state index in [2.05, 4.69) is 6.92 Å². The van der Waals surface area contributed by atoms with Crippen LogP contribution in [0.5, 0.6) is 0 Å². The maximum absolute atomic E-state index is 12.3. The van der Waals surface area contributed by atoms with Gasteiger partial charge in [0.15, 0.2) is 0 Å². The second-order valence-electron chi connectivity index (χ2n) is 5.31. The van der Waals surface area contributed by atoms with Crippen LogP contribution in [0.4, 0.5) is 0 Å². The van der Waals surface area contributed by atoms with E-state index in [0.29, 0.717) is 37.5 Å². The Kier molecular flexibility index (Phi) is 5.62. The highest BCUT2D eigenvalue weighted by Crippen LogP contribution is 2.12. The maximum Gasteiger partial charge on any atom is 0.227 e. The van der Waals surface area contributed by atoms with Crippen LogP contribution in [-0.2, 0) is 16.0 Å². The fourth-order valence-corrected chi connectivity index (χ4v) is 2.64. The van der Waals surface area contributed by atoms with Crippen molar-refractivity contribution in [3.05, 3.63) is 34.9 Å². The number of carbonyl (C=O) groups excluding carboxylic acids is 2. The Bertz CT molecular complexity index is 502. The van der Waals surface area contributed by atoms with Crippen LogP contribution in [0, 0.1) is 0 Å². The fourth-order valence-electron chi connectivity index (χ4n) is 2.51. The first kappa shape index (κ1) is 15.8. The van der Waals surface area contributed by atoms with Crippen molar-refractivity contribution >= 4 is 23.4 Å². The third kappa shape index (κ3) is 4.46. The van der Waals surface area contributed by atoms with E-state index >= 15 is 0 Å². The molecule has 2 rings (SSSR count). The van der Waals surface area contributed by atoms with Gasteiger partial charge in [0.05, 0.1) is 6.42 Å².